The van der Waals surface area contributed by atoms with E-state index in [9.17, 15) is 0 Å². The predicted molar refractivity (Wildman–Crippen MR) is 213 cm³/mol. The zero-order valence-electron chi connectivity index (χ0n) is 28.7. The van der Waals surface area contributed by atoms with Gasteiger partial charge in [-0.05, 0) is 78.8 Å². The van der Waals surface area contributed by atoms with Gasteiger partial charge in [-0.25, -0.2) is 15.0 Å². The van der Waals surface area contributed by atoms with E-state index in [1.54, 1.807) is 0 Å². The molecule has 0 aliphatic heterocycles. The first-order valence-corrected chi connectivity index (χ1v) is 17.8. The first-order valence-electron chi connectivity index (χ1n) is 17.8. The third-order valence-corrected chi connectivity index (χ3v) is 11.1. The van der Waals surface area contributed by atoms with Crippen LogP contribution >= 0.6 is 0 Å². The van der Waals surface area contributed by atoms with Gasteiger partial charge in [-0.15, -0.1) is 0 Å². The van der Waals surface area contributed by atoms with Crippen molar-refractivity contribution in [2.24, 2.45) is 0 Å². The lowest BCUT2D eigenvalue weighted by Crippen LogP contribution is -2.15. The summed E-state index contributed by atoms with van der Waals surface area (Å²) < 4.78 is 6.25. The Balaban J connectivity index is 1.12. The smallest absolute Gasteiger partial charge is 0.164 e. The van der Waals surface area contributed by atoms with E-state index in [0.29, 0.717) is 17.5 Å². The number of fused-ring (bicyclic) bond motifs is 13. The number of hydrogen-bond donors (Lipinski definition) is 0. The fourth-order valence-electron chi connectivity index (χ4n) is 8.68. The molecule has 8 aromatic carbocycles. The number of aromatic nitrogens is 3. The molecule has 11 rings (SSSR count). The number of hydrogen-bond acceptors (Lipinski definition) is 4. The first kappa shape index (κ1) is 29.1. The van der Waals surface area contributed by atoms with Crippen LogP contribution in [0.1, 0.15) is 25.0 Å². The highest BCUT2D eigenvalue weighted by molar-refractivity contribution is 6.26. The molecule has 10 aromatic rings. The van der Waals surface area contributed by atoms with Crippen LogP contribution in [0.15, 0.2) is 156 Å². The third-order valence-electron chi connectivity index (χ3n) is 11.1. The molecule has 0 atom stereocenters. The monoisotopic (exact) mass is 665 g/mol. The van der Waals surface area contributed by atoms with Gasteiger partial charge in [-0.2, -0.15) is 0 Å². The molecular formula is C48H31N3O. The molecular weight excluding hydrogens is 635 g/mol. The standard InChI is InChI=1S/C48H31N3O/c1-48(2)39-18-10-8-17-37(39)43-36-16-7-6-15-35(36)42-32-23-21-30(26-29(32)20-25-38(42)44(43)48)46-49-45(28-12-4-3-5-13-28)50-47(51-46)31-22-24-34-33-14-9-11-19-40(33)52-41(34)27-31/h3-27H,1-2H3. The van der Waals surface area contributed by atoms with Gasteiger partial charge < -0.3 is 4.42 Å². The van der Waals surface area contributed by atoms with Crippen molar-refractivity contribution in [2.75, 3.05) is 0 Å². The van der Waals surface area contributed by atoms with Gasteiger partial charge >= 0.3 is 0 Å². The maximum absolute atomic E-state index is 6.25. The van der Waals surface area contributed by atoms with Crippen molar-refractivity contribution in [3.63, 3.8) is 0 Å². The van der Waals surface area contributed by atoms with Crippen LogP contribution in [-0.2, 0) is 5.41 Å². The van der Waals surface area contributed by atoms with Gasteiger partial charge in [-0.1, -0.05) is 141 Å². The summed E-state index contributed by atoms with van der Waals surface area (Å²) in [5.41, 5.74) is 9.81. The largest absolute Gasteiger partial charge is 0.456 e. The summed E-state index contributed by atoms with van der Waals surface area (Å²) in [6.45, 7) is 4.74. The molecule has 2 heterocycles. The Labute approximate surface area is 300 Å². The van der Waals surface area contributed by atoms with Crippen LogP contribution in [0.4, 0.5) is 0 Å². The summed E-state index contributed by atoms with van der Waals surface area (Å²) in [6, 6.07) is 53.5. The second-order valence-electron chi connectivity index (χ2n) is 14.4. The van der Waals surface area contributed by atoms with Crippen LogP contribution in [-0.4, -0.2) is 15.0 Å². The van der Waals surface area contributed by atoms with Crippen molar-refractivity contribution in [3.05, 3.63) is 163 Å². The summed E-state index contributed by atoms with van der Waals surface area (Å²) in [4.78, 5) is 15.2. The quantitative estimate of drug-likeness (QED) is 0.176. The van der Waals surface area contributed by atoms with Crippen LogP contribution in [0.25, 0.3) is 99.5 Å². The van der Waals surface area contributed by atoms with Crippen molar-refractivity contribution < 1.29 is 4.42 Å². The zero-order valence-corrected chi connectivity index (χ0v) is 28.7. The number of para-hydroxylation sites is 1. The van der Waals surface area contributed by atoms with Gasteiger partial charge in [0.25, 0.3) is 0 Å². The van der Waals surface area contributed by atoms with Gasteiger partial charge in [0.1, 0.15) is 11.2 Å². The highest BCUT2D eigenvalue weighted by Crippen LogP contribution is 2.55. The van der Waals surface area contributed by atoms with E-state index >= 15 is 0 Å². The zero-order chi connectivity index (χ0) is 34.6. The Hall–Kier alpha value is -6.65. The topological polar surface area (TPSA) is 51.8 Å². The Morgan fingerprint density at radius 1 is 0.442 bits per heavy atom. The molecule has 52 heavy (non-hydrogen) atoms. The minimum absolute atomic E-state index is 0.123. The van der Waals surface area contributed by atoms with Crippen molar-refractivity contribution >= 4 is 54.3 Å². The molecule has 244 valence electrons. The van der Waals surface area contributed by atoms with Gasteiger partial charge in [0.2, 0.25) is 0 Å². The average Bonchev–Trinajstić information content (AvgIpc) is 3.69. The molecule has 0 unspecified atom stereocenters. The van der Waals surface area contributed by atoms with E-state index in [2.05, 4.69) is 111 Å². The molecule has 2 aromatic heterocycles. The second kappa shape index (κ2) is 10.7. The fraction of sp³-hybridized carbons (Fsp3) is 0.0625. The van der Waals surface area contributed by atoms with Gasteiger partial charge in [0.05, 0.1) is 0 Å². The van der Waals surface area contributed by atoms with E-state index in [4.69, 9.17) is 19.4 Å². The Morgan fingerprint density at radius 3 is 1.85 bits per heavy atom. The minimum atomic E-state index is -0.123. The molecule has 1 aliphatic carbocycles. The SMILES string of the molecule is CC1(C)c2ccccc2-c2c1c1ccc3cc(-c4nc(-c5ccccc5)nc(-c5ccc6c(c5)oc5ccccc56)n4)ccc3c1c1ccccc21. The lowest BCUT2D eigenvalue weighted by atomic mass is 9.78. The summed E-state index contributed by atoms with van der Waals surface area (Å²) in [7, 11) is 0. The Bertz CT molecular complexity index is 3100. The first-order chi connectivity index (χ1) is 25.5. The van der Waals surface area contributed by atoms with E-state index in [1.165, 1.54) is 49.2 Å². The minimum Gasteiger partial charge on any atom is -0.456 e. The number of rotatable bonds is 3. The van der Waals surface area contributed by atoms with Crippen molar-refractivity contribution in [1.29, 1.82) is 0 Å². The molecule has 1 aliphatic rings. The molecule has 0 saturated heterocycles. The average molecular weight is 666 g/mol. The van der Waals surface area contributed by atoms with Crippen molar-refractivity contribution in [1.82, 2.24) is 15.0 Å². The summed E-state index contributed by atoms with van der Waals surface area (Å²) in [6.07, 6.45) is 0. The van der Waals surface area contributed by atoms with E-state index < -0.39 is 0 Å². The van der Waals surface area contributed by atoms with Crippen molar-refractivity contribution in [2.45, 2.75) is 19.3 Å². The molecule has 0 spiro atoms. The normalized spacial score (nSPS) is 13.3. The summed E-state index contributed by atoms with van der Waals surface area (Å²) in [5, 5.41) is 9.72. The molecule has 0 amide bonds. The third kappa shape index (κ3) is 4.12. The molecule has 0 radical (unpaired) electrons. The van der Waals surface area contributed by atoms with Crippen LogP contribution in [0.3, 0.4) is 0 Å². The predicted octanol–water partition coefficient (Wildman–Crippen LogP) is 12.5. The van der Waals surface area contributed by atoms with Crippen LogP contribution in [0.2, 0.25) is 0 Å². The maximum atomic E-state index is 6.25. The van der Waals surface area contributed by atoms with Gasteiger partial charge in [0, 0.05) is 32.9 Å². The molecule has 4 nitrogen and oxygen atoms in total. The number of furan rings is 1. The fourth-order valence-corrected chi connectivity index (χ4v) is 8.68. The Morgan fingerprint density at radius 2 is 1.04 bits per heavy atom. The van der Waals surface area contributed by atoms with E-state index in [1.807, 2.05) is 54.6 Å². The Kier molecular flexibility index (Phi) is 5.98. The molecule has 4 heteroatoms. The van der Waals surface area contributed by atoms with Crippen LogP contribution < -0.4 is 0 Å². The van der Waals surface area contributed by atoms with E-state index in [-0.39, 0.29) is 5.41 Å². The van der Waals surface area contributed by atoms with Gasteiger partial charge in [-0.3, -0.25) is 0 Å². The molecule has 0 fully saturated rings. The maximum Gasteiger partial charge on any atom is 0.164 e. The van der Waals surface area contributed by atoms with Gasteiger partial charge in [0.15, 0.2) is 17.5 Å². The van der Waals surface area contributed by atoms with Crippen LogP contribution in [0, 0.1) is 0 Å². The lowest BCUT2D eigenvalue weighted by molar-refractivity contribution is 0.666. The highest BCUT2D eigenvalue weighted by atomic mass is 16.3. The number of benzene rings is 8. The molecule has 0 N–H and O–H groups in total. The molecule has 0 bridgehead atoms. The highest BCUT2D eigenvalue weighted by Gasteiger charge is 2.38. The summed E-state index contributed by atoms with van der Waals surface area (Å²) in [5.74, 6) is 1.87. The second-order valence-corrected chi connectivity index (χ2v) is 14.4. The lowest BCUT2D eigenvalue weighted by Gasteiger charge is -2.24. The van der Waals surface area contributed by atoms with Crippen LogP contribution in [0.5, 0.6) is 0 Å². The number of nitrogens with zero attached hydrogens (tertiary/aromatic N) is 3. The summed E-state index contributed by atoms with van der Waals surface area (Å²) >= 11 is 0. The molecule has 0 saturated carbocycles. The van der Waals surface area contributed by atoms with E-state index in [0.717, 1.165) is 44.0 Å². The van der Waals surface area contributed by atoms with Crippen molar-refractivity contribution in [3.8, 4) is 45.3 Å².